The van der Waals surface area contributed by atoms with E-state index in [4.69, 9.17) is 4.52 Å². The summed E-state index contributed by atoms with van der Waals surface area (Å²) in [6.45, 7) is 2.46. The van der Waals surface area contributed by atoms with E-state index in [0.29, 0.717) is 12.4 Å². The fourth-order valence-electron chi connectivity index (χ4n) is 2.24. The molecule has 1 aromatic heterocycles. The first-order valence-corrected chi connectivity index (χ1v) is 6.35. The highest BCUT2D eigenvalue weighted by atomic mass is 19.1. The van der Waals surface area contributed by atoms with Gasteiger partial charge in [-0.3, -0.25) is 4.90 Å². The zero-order chi connectivity index (χ0) is 14.1. The summed E-state index contributed by atoms with van der Waals surface area (Å²) in [6.07, 6.45) is 0. The monoisotopic (exact) mass is 280 g/mol. The van der Waals surface area contributed by atoms with E-state index in [1.54, 1.807) is 0 Å². The highest BCUT2D eigenvalue weighted by molar-refractivity contribution is 5.53. The molecule has 2 heterocycles. The van der Waals surface area contributed by atoms with Crippen molar-refractivity contribution in [2.24, 2.45) is 0 Å². The standard InChI is InChI=1S/C13H14F2N4O/c1-19-5-4-16-7-11(19)12-17-13(20-18-12)9-6-8(14)2-3-10(9)15/h2-3,6,11,16H,4-5,7H2,1H3. The highest BCUT2D eigenvalue weighted by Gasteiger charge is 2.26. The smallest absolute Gasteiger partial charge is 0.261 e. The molecule has 0 saturated carbocycles. The van der Waals surface area contributed by atoms with Gasteiger partial charge in [0.1, 0.15) is 11.6 Å². The van der Waals surface area contributed by atoms with E-state index in [1.807, 2.05) is 7.05 Å². The molecule has 1 aromatic carbocycles. The van der Waals surface area contributed by atoms with Crippen molar-refractivity contribution in [3.63, 3.8) is 0 Å². The molecule has 20 heavy (non-hydrogen) atoms. The Kier molecular flexibility index (Phi) is 3.45. The van der Waals surface area contributed by atoms with Gasteiger partial charge in [0, 0.05) is 19.6 Å². The third-order valence-electron chi connectivity index (χ3n) is 3.41. The van der Waals surface area contributed by atoms with Gasteiger partial charge in [0.15, 0.2) is 5.82 Å². The summed E-state index contributed by atoms with van der Waals surface area (Å²) in [6, 6.07) is 3.12. The van der Waals surface area contributed by atoms with Crippen LogP contribution in [0.5, 0.6) is 0 Å². The van der Waals surface area contributed by atoms with Crippen molar-refractivity contribution in [3.8, 4) is 11.5 Å². The Morgan fingerprint density at radius 3 is 3.05 bits per heavy atom. The van der Waals surface area contributed by atoms with Crippen LogP contribution in [0.3, 0.4) is 0 Å². The highest BCUT2D eigenvalue weighted by Crippen LogP contribution is 2.25. The largest absolute Gasteiger partial charge is 0.334 e. The second kappa shape index (κ2) is 5.26. The number of rotatable bonds is 2. The average molecular weight is 280 g/mol. The van der Waals surface area contributed by atoms with Crippen LogP contribution in [0.2, 0.25) is 0 Å². The first-order chi connectivity index (χ1) is 9.65. The number of benzene rings is 1. The molecule has 1 fully saturated rings. The fraction of sp³-hybridized carbons (Fsp3) is 0.385. The summed E-state index contributed by atoms with van der Waals surface area (Å²) in [5.41, 5.74) is -0.0184. The van der Waals surface area contributed by atoms with Crippen LogP contribution in [0.25, 0.3) is 11.5 Å². The quantitative estimate of drug-likeness (QED) is 0.905. The lowest BCUT2D eigenvalue weighted by Gasteiger charge is -2.30. The summed E-state index contributed by atoms with van der Waals surface area (Å²) in [5.74, 6) is -0.663. The Balaban J connectivity index is 1.91. The topological polar surface area (TPSA) is 54.2 Å². The van der Waals surface area contributed by atoms with Crippen molar-refractivity contribution in [2.75, 3.05) is 26.7 Å². The molecular formula is C13H14F2N4O. The summed E-state index contributed by atoms with van der Waals surface area (Å²) in [4.78, 5) is 6.28. The van der Waals surface area contributed by atoms with Crippen molar-refractivity contribution in [2.45, 2.75) is 6.04 Å². The maximum absolute atomic E-state index is 13.7. The first-order valence-electron chi connectivity index (χ1n) is 6.35. The van der Waals surface area contributed by atoms with E-state index in [9.17, 15) is 8.78 Å². The number of likely N-dealkylation sites (N-methyl/N-ethyl adjacent to an activating group) is 1. The lowest BCUT2D eigenvalue weighted by atomic mass is 10.2. The molecule has 7 heteroatoms. The molecule has 106 valence electrons. The van der Waals surface area contributed by atoms with Crippen LogP contribution < -0.4 is 5.32 Å². The Hall–Kier alpha value is -1.86. The van der Waals surface area contributed by atoms with Crippen molar-refractivity contribution in [1.29, 1.82) is 0 Å². The molecule has 3 rings (SSSR count). The van der Waals surface area contributed by atoms with Crippen molar-refractivity contribution < 1.29 is 13.3 Å². The molecule has 1 aliphatic heterocycles. The van der Waals surface area contributed by atoms with Gasteiger partial charge < -0.3 is 9.84 Å². The number of nitrogens with one attached hydrogen (secondary N) is 1. The number of piperazine rings is 1. The van der Waals surface area contributed by atoms with Gasteiger partial charge >= 0.3 is 0 Å². The van der Waals surface area contributed by atoms with Gasteiger partial charge in [0.05, 0.1) is 11.6 Å². The summed E-state index contributed by atoms with van der Waals surface area (Å²) < 4.78 is 31.9. The van der Waals surface area contributed by atoms with Crippen LogP contribution in [0.4, 0.5) is 8.78 Å². The number of hydrogen-bond donors (Lipinski definition) is 1. The number of nitrogens with zero attached hydrogens (tertiary/aromatic N) is 3. The fourth-order valence-corrected chi connectivity index (χ4v) is 2.24. The van der Waals surface area contributed by atoms with Gasteiger partial charge in [0.2, 0.25) is 0 Å². The Labute approximate surface area is 114 Å². The van der Waals surface area contributed by atoms with Crippen molar-refractivity contribution >= 4 is 0 Å². The molecule has 0 amide bonds. The average Bonchev–Trinajstić information content (AvgIpc) is 2.91. The molecule has 1 N–H and O–H groups in total. The molecule has 0 spiro atoms. The minimum atomic E-state index is -0.586. The molecule has 1 saturated heterocycles. The summed E-state index contributed by atoms with van der Waals surface area (Å²) in [5, 5.41) is 7.12. The predicted octanol–water partition coefficient (Wildman–Crippen LogP) is 1.59. The third kappa shape index (κ3) is 2.41. The van der Waals surface area contributed by atoms with Gasteiger partial charge in [-0.2, -0.15) is 4.98 Å². The molecule has 0 bridgehead atoms. The van der Waals surface area contributed by atoms with E-state index in [0.717, 1.165) is 31.3 Å². The minimum absolute atomic E-state index is 0.00373. The van der Waals surface area contributed by atoms with Crippen LogP contribution in [-0.2, 0) is 0 Å². The van der Waals surface area contributed by atoms with E-state index in [1.165, 1.54) is 0 Å². The van der Waals surface area contributed by atoms with Gasteiger partial charge in [-0.25, -0.2) is 8.78 Å². The second-order valence-corrected chi connectivity index (χ2v) is 4.78. The third-order valence-corrected chi connectivity index (χ3v) is 3.41. The maximum Gasteiger partial charge on any atom is 0.261 e. The number of aromatic nitrogens is 2. The molecule has 0 aliphatic carbocycles. The maximum atomic E-state index is 13.7. The first kappa shape index (κ1) is 13.1. The molecule has 1 atom stereocenters. The van der Waals surface area contributed by atoms with Crippen LogP contribution in [0.15, 0.2) is 22.7 Å². The molecule has 5 nitrogen and oxygen atoms in total. The molecule has 2 aromatic rings. The van der Waals surface area contributed by atoms with Crippen LogP contribution in [-0.4, -0.2) is 41.7 Å². The SMILES string of the molecule is CN1CCNCC1c1noc(-c2cc(F)ccc2F)n1. The van der Waals surface area contributed by atoms with Crippen LogP contribution in [0, 0.1) is 11.6 Å². The zero-order valence-electron chi connectivity index (χ0n) is 10.9. The van der Waals surface area contributed by atoms with E-state index in [2.05, 4.69) is 20.4 Å². The van der Waals surface area contributed by atoms with Gasteiger partial charge in [-0.1, -0.05) is 5.16 Å². The number of halogens is 2. The zero-order valence-corrected chi connectivity index (χ0v) is 10.9. The van der Waals surface area contributed by atoms with Crippen molar-refractivity contribution in [1.82, 2.24) is 20.4 Å². The van der Waals surface area contributed by atoms with Crippen LogP contribution in [0.1, 0.15) is 11.9 Å². The Bertz CT molecular complexity index is 616. The van der Waals surface area contributed by atoms with E-state index in [-0.39, 0.29) is 17.5 Å². The van der Waals surface area contributed by atoms with Gasteiger partial charge in [-0.05, 0) is 25.2 Å². The minimum Gasteiger partial charge on any atom is -0.334 e. The normalized spacial score (nSPS) is 20.2. The van der Waals surface area contributed by atoms with Crippen LogP contribution >= 0.6 is 0 Å². The lowest BCUT2D eigenvalue weighted by molar-refractivity contribution is 0.190. The Morgan fingerprint density at radius 2 is 2.25 bits per heavy atom. The molecule has 1 aliphatic rings. The van der Waals surface area contributed by atoms with E-state index >= 15 is 0 Å². The van der Waals surface area contributed by atoms with Gasteiger partial charge in [-0.15, -0.1) is 0 Å². The number of hydrogen-bond acceptors (Lipinski definition) is 5. The molecule has 0 radical (unpaired) electrons. The van der Waals surface area contributed by atoms with E-state index < -0.39 is 11.6 Å². The summed E-state index contributed by atoms with van der Waals surface area (Å²) >= 11 is 0. The molecule has 1 unspecified atom stereocenters. The predicted molar refractivity (Wildman–Crippen MR) is 67.9 cm³/mol. The second-order valence-electron chi connectivity index (χ2n) is 4.78. The van der Waals surface area contributed by atoms with Crippen molar-refractivity contribution in [3.05, 3.63) is 35.7 Å². The lowest BCUT2D eigenvalue weighted by Crippen LogP contribution is -2.44. The summed E-state index contributed by atoms with van der Waals surface area (Å²) in [7, 11) is 1.96. The van der Waals surface area contributed by atoms with Gasteiger partial charge in [0.25, 0.3) is 5.89 Å². The molecular weight excluding hydrogens is 266 g/mol. The Morgan fingerprint density at radius 1 is 1.40 bits per heavy atom.